The molecular weight excluding hydrogens is 256 g/mol. The van der Waals surface area contributed by atoms with Gasteiger partial charge >= 0.3 is 0 Å². The largest absolute Gasteiger partial charge is 0.326 e. The summed E-state index contributed by atoms with van der Waals surface area (Å²) in [4.78, 5) is 22.1. The van der Waals surface area contributed by atoms with Crippen LogP contribution in [-0.2, 0) is 11.2 Å². The molecule has 0 fully saturated rings. The van der Waals surface area contributed by atoms with Gasteiger partial charge in [-0.3, -0.25) is 14.9 Å². The highest BCUT2D eigenvalue weighted by Gasteiger charge is 2.10. The summed E-state index contributed by atoms with van der Waals surface area (Å²) < 4.78 is 0. The number of non-ortho nitro benzene ring substituents is 1. The smallest absolute Gasteiger partial charge is 0.269 e. The molecule has 0 bridgehead atoms. The number of rotatable bonds is 4. The van der Waals surface area contributed by atoms with Crippen molar-refractivity contribution in [2.24, 2.45) is 0 Å². The van der Waals surface area contributed by atoms with Crippen LogP contribution in [0.2, 0.25) is 0 Å². The molecule has 1 amide bonds. The van der Waals surface area contributed by atoms with Gasteiger partial charge in [0, 0.05) is 17.8 Å². The van der Waals surface area contributed by atoms with Crippen molar-refractivity contribution < 1.29 is 9.72 Å². The lowest BCUT2D eigenvalue weighted by atomic mass is 10.1. The Bertz CT molecular complexity index is 639. The van der Waals surface area contributed by atoms with E-state index >= 15 is 0 Å². The second kappa shape index (κ2) is 5.97. The number of benzene rings is 2. The fourth-order valence-corrected chi connectivity index (χ4v) is 1.88. The SMILES string of the molecule is Cc1cc([N+](=O)[O-])ccc1NC(=O)Cc1ccccc1. The van der Waals surface area contributed by atoms with Crippen molar-refractivity contribution in [3.63, 3.8) is 0 Å². The summed E-state index contributed by atoms with van der Waals surface area (Å²) in [5.41, 5.74) is 2.20. The summed E-state index contributed by atoms with van der Waals surface area (Å²) >= 11 is 0. The van der Waals surface area contributed by atoms with Crippen LogP contribution >= 0.6 is 0 Å². The third-order valence-electron chi connectivity index (χ3n) is 2.90. The molecule has 0 aliphatic heterocycles. The number of carbonyl (C=O) groups is 1. The van der Waals surface area contributed by atoms with Crippen LogP contribution in [0.25, 0.3) is 0 Å². The van der Waals surface area contributed by atoms with E-state index in [2.05, 4.69) is 5.32 Å². The second-order valence-corrected chi connectivity index (χ2v) is 4.47. The van der Waals surface area contributed by atoms with Crippen LogP contribution in [0.4, 0.5) is 11.4 Å². The summed E-state index contributed by atoms with van der Waals surface area (Å²) in [7, 11) is 0. The molecule has 102 valence electrons. The van der Waals surface area contributed by atoms with Crippen LogP contribution in [0.1, 0.15) is 11.1 Å². The monoisotopic (exact) mass is 270 g/mol. The minimum Gasteiger partial charge on any atom is -0.326 e. The molecule has 1 N–H and O–H groups in total. The Hall–Kier alpha value is -2.69. The van der Waals surface area contributed by atoms with Gasteiger partial charge in [-0.2, -0.15) is 0 Å². The molecule has 5 nitrogen and oxygen atoms in total. The van der Waals surface area contributed by atoms with Crippen molar-refractivity contribution in [2.75, 3.05) is 5.32 Å². The summed E-state index contributed by atoms with van der Waals surface area (Å²) in [5.74, 6) is -0.145. The molecule has 0 unspecified atom stereocenters. The highest BCUT2D eigenvalue weighted by atomic mass is 16.6. The van der Waals surface area contributed by atoms with Gasteiger partial charge in [0.25, 0.3) is 5.69 Å². The fraction of sp³-hybridized carbons (Fsp3) is 0.133. The van der Waals surface area contributed by atoms with E-state index in [1.54, 1.807) is 13.0 Å². The first-order valence-corrected chi connectivity index (χ1v) is 6.15. The van der Waals surface area contributed by atoms with Gasteiger partial charge < -0.3 is 5.32 Å². The molecule has 2 aromatic carbocycles. The number of nitro benzene ring substituents is 1. The molecule has 0 atom stereocenters. The molecule has 0 heterocycles. The summed E-state index contributed by atoms with van der Waals surface area (Å²) in [5, 5.41) is 13.4. The van der Waals surface area contributed by atoms with E-state index in [9.17, 15) is 14.9 Å². The first-order chi connectivity index (χ1) is 9.56. The van der Waals surface area contributed by atoms with E-state index in [-0.39, 0.29) is 18.0 Å². The topological polar surface area (TPSA) is 72.2 Å². The third kappa shape index (κ3) is 3.41. The minimum absolute atomic E-state index is 0.0172. The molecule has 0 aliphatic carbocycles. The Kier molecular flexibility index (Phi) is 4.10. The molecular formula is C15H14N2O3. The highest BCUT2D eigenvalue weighted by molar-refractivity contribution is 5.93. The zero-order chi connectivity index (χ0) is 14.5. The van der Waals surface area contributed by atoms with Crippen LogP contribution in [0.15, 0.2) is 48.5 Å². The zero-order valence-corrected chi connectivity index (χ0v) is 11.0. The molecule has 0 saturated carbocycles. The van der Waals surface area contributed by atoms with Crippen LogP contribution in [0.3, 0.4) is 0 Å². The summed E-state index contributed by atoms with van der Waals surface area (Å²) in [6.07, 6.45) is 0.275. The van der Waals surface area contributed by atoms with E-state index in [4.69, 9.17) is 0 Å². The van der Waals surface area contributed by atoms with Gasteiger partial charge in [-0.1, -0.05) is 30.3 Å². The molecule has 5 heteroatoms. The van der Waals surface area contributed by atoms with Gasteiger partial charge in [-0.15, -0.1) is 0 Å². The number of nitrogens with one attached hydrogen (secondary N) is 1. The van der Waals surface area contributed by atoms with Crippen molar-refractivity contribution in [2.45, 2.75) is 13.3 Å². The number of amides is 1. The van der Waals surface area contributed by atoms with Gasteiger partial charge in [0.2, 0.25) is 5.91 Å². The van der Waals surface area contributed by atoms with Crippen molar-refractivity contribution in [1.82, 2.24) is 0 Å². The third-order valence-corrected chi connectivity index (χ3v) is 2.90. The summed E-state index contributed by atoms with van der Waals surface area (Å²) in [6, 6.07) is 13.8. The Morgan fingerprint density at radius 3 is 2.50 bits per heavy atom. The van der Waals surface area contributed by atoms with Crippen molar-refractivity contribution in [3.05, 3.63) is 69.8 Å². The lowest BCUT2D eigenvalue weighted by Gasteiger charge is -2.08. The molecule has 20 heavy (non-hydrogen) atoms. The predicted molar refractivity (Wildman–Crippen MR) is 76.6 cm³/mol. The average molecular weight is 270 g/mol. The Balaban J connectivity index is 2.06. The zero-order valence-electron chi connectivity index (χ0n) is 11.0. The first kappa shape index (κ1) is 13.7. The van der Waals surface area contributed by atoms with Gasteiger partial charge in [0.05, 0.1) is 11.3 Å². The number of aryl methyl sites for hydroxylation is 1. The van der Waals surface area contributed by atoms with Gasteiger partial charge in [-0.25, -0.2) is 0 Å². The van der Waals surface area contributed by atoms with Crippen LogP contribution in [0.5, 0.6) is 0 Å². The molecule has 2 rings (SSSR count). The normalized spacial score (nSPS) is 10.1. The molecule has 0 aromatic heterocycles. The van der Waals surface area contributed by atoms with E-state index in [0.29, 0.717) is 11.3 Å². The minimum atomic E-state index is -0.456. The van der Waals surface area contributed by atoms with Crippen molar-refractivity contribution in [1.29, 1.82) is 0 Å². The Morgan fingerprint density at radius 1 is 1.20 bits per heavy atom. The number of anilines is 1. The van der Waals surface area contributed by atoms with Crippen LogP contribution in [-0.4, -0.2) is 10.8 Å². The molecule has 0 radical (unpaired) electrons. The maximum Gasteiger partial charge on any atom is 0.269 e. The number of hydrogen-bond donors (Lipinski definition) is 1. The van der Waals surface area contributed by atoms with Crippen LogP contribution < -0.4 is 5.32 Å². The predicted octanol–water partition coefficient (Wildman–Crippen LogP) is 3.08. The van der Waals surface area contributed by atoms with E-state index in [0.717, 1.165) is 5.56 Å². The van der Waals surface area contributed by atoms with Crippen LogP contribution in [0, 0.1) is 17.0 Å². The van der Waals surface area contributed by atoms with Crippen molar-refractivity contribution in [3.8, 4) is 0 Å². The Labute approximate surface area is 116 Å². The second-order valence-electron chi connectivity index (χ2n) is 4.47. The highest BCUT2D eigenvalue weighted by Crippen LogP contribution is 2.21. The standard InChI is InChI=1S/C15H14N2O3/c1-11-9-13(17(19)20)7-8-14(11)16-15(18)10-12-5-3-2-4-6-12/h2-9H,10H2,1H3,(H,16,18). The average Bonchev–Trinajstić information content (AvgIpc) is 2.42. The van der Waals surface area contributed by atoms with Crippen molar-refractivity contribution >= 4 is 17.3 Å². The quantitative estimate of drug-likeness (QED) is 0.685. The lowest BCUT2D eigenvalue weighted by molar-refractivity contribution is -0.384. The first-order valence-electron chi connectivity index (χ1n) is 6.15. The molecule has 2 aromatic rings. The van der Waals surface area contributed by atoms with Gasteiger partial charge in [0.15, 0.2) is 0 Å². The summed E-state index contributed by atoms with van der Waals surface area (Å²) in [6.45, 7) is 1.73. The maximum absolute atomic E-state index is 11.9. The Morgan fingerprint density at radius 2 is 1.90 bits per heavy atom. The van der Waals surface area contributed by atoms with Gasteiger partial charge in [-0.05, 0) is 24.1 Å². The maximum atomic E-state index is 11.9. The molecule has 0 aliphatic rings. The molecule has 0 saturated heterocycles. The number of hydrogen-bond acceptors (Lipinski definition) is 3. The number of carbonyl (C=O) groups excluding carboxylic acids is 1. The van der Waals surface area contributed by atoms with Gasteiger partial charge in [0.1, 0.15) is 0 Å². The van der Waals surface area contributed by atoms with E-state index < -0.39 is 4.92 Å². The molecule has 0 spiro atoms. The lowest BCUT2D eigenvalue weighted by Crippen LogP contribution is -2.15. The number of nitrogens with zero attached hydrogens (tertiary/aromatic N) is 1. The fourth-order valence-electron chi connectivity index (χ4n) is 1.88. The van der Waals surface area contributed by atoms with E-state index in [1.165, 1.54) is 12.1 Å². The van der Waals surface area contributed by atoms with E-state index in [1.807, 2.05) is 30.3 Å². The number of nitro groups is 1.